The molecule has 76 valence electrons. The molecular formula is C11H6BBrN2S. The normalized spacial score (nSPS) is 10.0. The van der Waals surface area contributed by atoms with E-state index in [1.807, 2.05) is 12.1 Å². The lowest BCUT2D eigenvalue weighted by Gasteiger charge is -1.97. The molecule has 16 heavy (non-hydrogen) atoms. The van der Waals surface area contributed by atoms with Gasteiger partial charge in [-0.1, -0.05) is 12.1 Å². The molecule has 0 spiro atoms. The van der Waals surface area contributed by atoms with Gasteiger partial charge < -0.3 is 0 Å². The molecule has 1 aromatic heterocycles. The first-order valence-electron chi connectivity index (χ1n) is 4.60. The van der Waals surface area contributed by atoms with Gasteiger partial charge in [0.25, 0.3) is 0 Å². The van der Waals surface area contributed by atoms with Gasteiger partial charge in [0, 0.05) is 5.56 Å². The number of hydrogen-bond donors (Lipinski definition) is 0. The first-order valence-corrected chi connectivity index (χ1v) is 6.21. The summed E-state index contributed by atoms with van der Waals surface area (Å²) in [4.78, 5) is 4.42. The molecule has 0 atom stereocenters. The summed E-state index contributed by atoms with van der Waals surface area (Å²) in [6, 6.07) is 9.42. The van der Waals surface area contributed by atoms with Crippen molar-refractivity contribution in [2.75, 3.05) is 0 Å². The van der Waals surface area contributed by atoms with Crippen molar-refractivity contribution in [2.45, 2.75) is 6.32 Å². The molecule has 0 aliphatic rings. The molecule has 2 rings (SSSR count). The highest BCUT2D eigenvalue weighted by molar-refractivity contribution is 9.11. The average molecular weight is 289 g/mol. The van der Waals surface area contributed by atoms with E-state index in [9.17, 15) is 0 Å². The highest BCUT2D eigenvalue weighted by atomic mass is 79.9. The summed E-state index contributed by atoms with van der Waals surface area (Å²) in [6.45, 7) is 0. The van der Waals surface area contributed by atoms with Crippen LogP contribution in [0.15, 0.2) is 28.1 Å². The van der Waals surface area contributed by atoms with E-state index in [4.69, 9.17) is 13.1 Å². The Morgan fingerprint density at radius 3 is 2.56 bits per heavy atom. The van der Waals surface area contributed by atoms with Crippen LogP contribution in [-0.4, -0.2) is 12.8 Å². The fraction of sp³-hybridized carbons (Fsp3) is 0.0909. The Balaban J connectivity index is 2.42. The molecule has 1 aromatic carbocycles. The summed E-state index contributed by atoms with van der Waals surface area (Å²) in [7, 11) is 5.54. The van der Waals surface area contributed by atoms with E-state index in [2.05, 4.69) is 27.0 Å². The van der Waals surface area contributed by atoms with Gasteiger partial charge in [0.2, 0.25) is 0 Å². The number of hydrogen-bond acceptors (Lipinski definition) is 3. The van der Waals surface area contributed by atoms with Crippen molar-refractivity contribution in [1.82, 2.24) is 4.98 Å². The Morgan fingerprint density at radius 2 is 2.06 bits per heavy atom. The van der Waals surface area contributed by atoms with Crippen LogP contribution in [0.2, 0.25) is 0 Å². The van der Waals surface area contributed by atoms with Crippen molar-refractivity contribution < 1.29 is 0 Å². The molecule has 0 unspecified atom stereocenters. The molecule has 0 aliphatic carbocycles. The number of thiazole rings is 1. The molecule has 0 aliphatic heterocycles. The summed E-state index contributed by atoms with van der Waals surface area (Å²) >= 11 is 5.00. The Kier molecular flexibility index (Phi) is 3.42. The highest BCUT2D eigenvalue weighted by Gasteiger charge is 2.09. The average Bonchev–Trinajstić information content (AvgIpc) is 2.71. The van der Waals surface area contributed by atoms with Gasteiger partial charge in [0.15, 0.2) is 0 Å². The second kappa shape index (κ2) is 4.81. The Bertz CT molecular complexity index is 542. The minimum Gasteiger partial charge on any atom is -0.241 e. The van der Waals surface area contributed by atoms with Gasteiger partial charge in [-0.2, -0.15) is 5.26 Å². The molecule has 0 fully saturated rings. The summed E-state index contributed by atoms with van der Waals surface area (Å²) < 4.78 is 0.970. The van der Waals surface area contributed by atoms with Gasteiger partial charge in [-0.3, -0.25) is 0 Å². The number of benzene rings is 1. The third kappa shape index (κ3) is 2.18. The lowest BCUT2D eigenvalue weighted by molar-refractivity contribution is 1.26. The third-order valence-corrected chi connectivity index (χ3v) is 3.82. The Morgan fingerprint density at radius 1 is 1.38 bits per heavy atom. The number of nitrogens with zero attached hydrogens (tertiary/aromatic N) is 2. The van der Waals surface area contributed by atoms with Crippen molar-refractivity contribution in [1.29, 1.82) is 5.26 Å². The molecule has 5 heteroatoms. The first kappa shape index (κ1) is 11.4. The number of halogens is 1. The van der Waals surface area contributed by atoms with Gasteiger partial charge in [0.1, 0.15) is 0 Å². The third-order valence-electron chi connectivity index (χ3n) is 2.09. The molecule has 0 N–H and O–H groups in total. The molecule has 2 aromatic rings. The number of nitriles is 1. The largest absolute Gasteiger partial charge is 0.241 e. The monoisotopic (exact) mass is 288 g/mol. The molecule has 0 saturated carbocycles. The summed E-state index contributed by atoms with van der Waals surface area (Å²) in [5.41, 5.74) is 2.52. The van der Waals surface area contributed by atoms with E-state index in [0.29, 0.717) is 11.9 Å². The Labute approximate surface area is 107 Å². The maximum Gasteiger partial charge on any atom is 0.0991 e. The minimum absolute atomic E-state index is 0.444. The number of rotatable bonds is 2. The zero-order chi connectivity index (χ0) is 11.5. The van der Waals surface area contributed by atoms with E-state index in [1.54, 1.807) is 12.1 Å². The van der Waals surface area contributed by atoms with Gasteiger partial charge in [-0.25, -0.2) is 4.98 Å². The fourth-order valence-corrected chi connectivity index (χ4v) is 2.88. The summed E-state index contributed by atoms with van der Waals surface area (Å²) in [5.74, 6) is 0. The second-order valence-electron chi connectivity index (χ2n) is 3.12. The van der Waals surface area contributed by atoms with Crippen molar-refractivity contribution in [3.63, 3.8) is 0 Å². The zero-order valence-electron chi connectivity index (χ0n) is 8.27. The minimum atomic E-state index is 0.444. The van der Waals surface area contributed by atoms with Crippen LogP contribution in [0.3, 0.4) is 0 Å². The van der Waals surface area contributed by atoms with Crippen LogP contribution in [0, 0.1) is 11.3 Å². The highest BCUT2D eigenvalue weighted by Crippen LogP contribution is 2.32. The van der Waals surface area contributed by atoms with Crippen molar-refractivity contribution in [3.05, 3.63) is 38.6 Å². The van der Waals surface area contributed by atoms with Crippen molar-refractivity contribution >= 4 is 35.1 Å². The predicted octanol–water partition coefficient (Wildman–Crippen LogP) is 3.11. The smallest absolute Gasteiger partial charge is 0.0991 e. The molecule has 2 nitrogen and oxygen atoms in total. The van der Waals surface area contributed by atoms with Gasteiger partial charge >= 0.3 is 0 Å². The standard InChI is InChI=1S/C11H6BBrN2S/c12-5-9-15-10(11(13)16-9)8-3-1-7(6-14)2-4-8/h1-4H,5H2. The molecule has 1 heterocycles. The van der Waals surface area contributed by atoms with E-state index in [1.165, 1.54) is 11.3 Å². The molecular weight excluding hydrogens is 283 g/mol. The van der Waals surface area contributed by atoms with E-state index in [-0.39, 0.29) is 0 Å². The van der Waals surface area contributed by atoms with Crippen LogP contribution in [-0.2, 0) is 6.32 Å². The fourth-order valence-electron chi connectivity index (χ4n) is 1.31. The SMILES string of the molecule is [B]Cc1nc(-c2ccc(C#N)cc2)c(Br)s1. The molecule has 2 radical (unpaired) electrons. The summed E-state index contributed by atoms with van der Waals surface area (Å²) in [6.07, 6.45) is 0.444. The van der Waals surface area contributed by atoms with E-state index < -0.39 is 0 Å². The summed E-state index contributed by atoms with van der Waals surface area (Å²) in [5, 5.41) is 9.60. The van der Waals surface area contributed by atoms with Crippen LogP contribution in [0.1, 0.15) is 10.6 Å². The maximum absolute atomic E-state index is 8.71. The van der Waals surface area contributed by atoms with Crippen LogP contribution in [0.4, 0.5) is 0 Å². The quantitative estimate of drug-likeness (QED) is 0.796. The van der Waals surface area contributed by atoms with E-state index in [0.717, 1.165) is 20.1 Å². The van der Waals surface area contributed by atoms with Crippen LogP contribution in [0.25, 0.3) is 11.3 Å². The van der Waals surface area contributed by atoms with Crippen LogP contribution >= 0.6 is 27.3 Å². The molecule has 0 amide bonds. The maximum atomic E-state index is 8.71. The predicted molar refractivity (Wildman–Crippen MR) is 69.4 cm³/mol. The van der Waals surface area contributed by atoms with Crippen LogP contribution in [0.5, 0.6) is 0 Å². The van der Waals surface area contributed by atoms with Crippen molar-refractivity contribution in [2.24, 2.45) is 0 Å². The first-order chi connectivity index (χ1) is 7.74. The molecule has 0 saturated heterocycles. The molecule has 0 bridgehead atoms. The van der Waals surface area contributed by atoms with Crippen LogP contribution < -0.4 is 0 Å². The number of aromatic nitrogens is 1. The van der Waals surface area contributed by atoms with Gasteiger partial charge in [-0.05, 0) is 34.4 Å². The van der Waals surface area contributed by atoms with Gasteiger partial charge in [0.05, 0.1) is 34.0 Å². The lowest BCUT2D eigenvalue weighted by Crippen LogP contribution is -1.83. The topological polar surface area (TPSA) is 36.7 Å². The van der Waals surface area contributed by atoms with Gasteiger partial charge in [-0.15, -0.1) is 11.3 Å². The van der Waals surface area contributed by atoms with E-state index >= 15 is 0 Å². The zero-order valence-corrected chi connectivity index (χ0v) is 10.7. The van der Waals surface area contributed by atoms with Crippen molar-refractivity contribution in [3.8, 4) is 17.3 Å². The lowest BCUT2D eigenvalue weighted by atomic mass is 10.1. The second-order valence-corrected chi connectivity index (χ2v) is 5.52. The Hall–Kier alpha value is -1.12.